The van der Waals surface area contributed by atoms with Gasteiger partial charge in [-0.05, 0) is 24.1 Å². The van der Waals surface area contributed by atoms with Gasteiger partial charge in [-0.1, -0.05) is 11.3 Å². The van der Waals surface area contributed by atoms with Crippen molar-refractivity contribution in [2.24, 2.45) is 0 Å². The molecule has 0 unspecified atom stereocenters. The molecule has 0 atom stereocenters. The van der Waals surface area contributed by atoms with E-state index < -0.39 is 6.09 Å². The number of aromatic nitrogens is 2. The first-order valence-corrected chi connectivity index (χ1v) is 8.65. The number of nitrogens with one attached hydrogen (secondary N) is 1. The van der Waals surface area contributed by atoms with E-state index in [1.807, 2.05) is 19.2 Å². The number of pyridine rings is 1. The minimum absolute atomic E-state index is 0.528. The molecule has 9 heteroatoms. The summed E-state index contributed by atoms with van der Waals surface area (Å²) in [6.45, 7) is 5.25. The monoisotopic (exact) mass is 358 g/mol. The summed E-state index contributed by atoms with van der Waals surface area (Å²) in [5.41, 5.74) is 2.22. The number of nitrogens with zero attached hydrogens (tertiary/aromatic N) is 5. The van der Waals surface area contributed by atoms with Crippen LogP contribution in [0, 0.1) is 18.3 Å². The minimum Gasteiger partial charge on any atom is -0.465 e. The van der Waals surface area contributed by atoms with Crippen molar-refractivity contribution in [2.45, 2.75) is 13.5 Å². The van der Waals surface area contributed by atoms with Crippen LogP contribution in [0.5, 0.6) is 0 Å². The van der Waals surface area contributed by atoms with Crippen LogP contribution in [0.2, 0.25) is 0 Å². The molecule has 25 heavy (non-hydrogen) atoms. The van der Waals surface area contributed by atoms with Crippen molar-refractivity contribution in [1.82, 2.24) is 19.8 Å². The van der Waals surface area contributed by atoms with Gasteiger partial charge in [0.25, 0.3) is 0 Å². The Morgan fingerprint density at radius 3 is 2.76 bits per heavy atom. The summed E-state index contributed by atoms with van der Waals surface area (Å²) < 4.78 is 0. The van der Waals surface area contributed by atoms with Crippen LogP contribution in [-0.2, 0) is 6.54 Å². The number of amides is 1. The quantitative estimate of drug-likeness (QED) is 0.863. The van der Waals surface area contributed by atoms with Crippen molar-refractivity contribution in [1.29, 1.82) is 5.26 Å². The van der Waals surface area contributed by atoms with Crippen LogP contribution in [0.25, 0.3) is 0 Å². The Bertz CT molecular complexity index is 807. The summed E-state index contributed by atoms with van der Waals surface area (Å²) in [5, 5.41) is 21.6. The molecule has 3 rings (SSSR count). The molecule has 2 N–H and O–H groups in total. The molecule has 1 saturated heterocycles. The number of piperazine rings is 1. The molecular weight excluding hydrogens is 340 g/mol. The highest BCUT2D eigenvalue weighted by atomic mass is 32.1. The Morgan fingerprint density at radius 2 is 2.12 bits per heavy atom. The molecule has 2 aromatic heterocycles. The fourth-order valence-electron chi connectivity index (χ4n) is 2.64. The van der Waals surface area contributed by atoms with Crippen LogP contribution >= 0.6 is 11.3 Å². The number of anilines is 2. The molecule has 0 aliphatic carbocycles. The first-order chi connectivity index (χ1) is 12.0. The molecule has 1 fully saturated rings. The molecular formula is C16H18N6O2S. The Morgan fingerprint density at radius 1 is 1.36 bits per heavy atom. The van der Waals surface area contributed by atoms with E-state index in [0.29, 0.717) is 28.9 Å². The maximum absolute atomic E-state index is 11.0. The van der Waals surface area contributed by atoms with Gasteiger partial charge in [0.2, 0.25) is 0 Å². The largest absolute Gasteiger partial charge is 0.465 e. The summed E-state index contributed by atoms with van der Waals surface area (Å²) in [6, 6.07) is 4.04. The Balaban J connectivity index is 1.66. The lowest BCUT2D eigenvalue weighted by atomic mass is 10.1. The fourth-order valence-corrected chi connectivity index (χ4v) is 3.26. The third-order valence-electron chi connectivity index (χ3n) is 4.10. The van der Waals surface area contributed by atoms with Crippen molar-refractivity contribution in [2.75, 3.05) is 31.5 Å². The lowest BCUT2D eigenvalue weighted by Gasteiger charge is -2.33. The van der Waals surface area contributed by atoms with Crippen LogP contribution in [-0.4, -0.2) is 57.1 Å². The van der Waals surface area contributed by atoms with Gasteiger partial charge < -0.3 is 15.3 Å². The zero-order chi connectivity index (χ0) is 17.8. The van der Waals surface area contributed by atoms with Gasteiger partial charge in [0.1, 0.15) is 16.8 Å². The summed E-state index contributed by atoms with van der Waals surface area (Å²) in [5.74, 6) is 0.684. The van der Waals surface area contributed by atoms with Crippen LogP contribution in [0.3, 0.4) is 0 Å². The molecule has 8 nitrogen and oxygen atoms in total. The normalized spacial score (nSPS) is 15.0. The van der Waals surface area contributed by atoms with Gasteiger partial charge in [-0.3, -0.25) is 4.90 Å². The molecule has 0 aromatic carbocycles. The van der Waals surface area contributed by atoms with E-state index in [9.17, 15) is 4.79 Å². The molecule has 2 aromatic rings. The van der Waals surface area contributed by atoms with Gasteiger partial charge in [0, 0.05) is 38.9 Å². The predicted octanol–water partition coefficient (Wildman–Crippen LogP) is 2.26. The number of hydrogen-bond acceptors (Lipinski definition) is 7. The van der Waals surface area contributed by atoms with Crippen molar-refractivity contribution >= 4 is 28.4 Å². The SMILES string of the molecule is Cc1cnc(Nc2ncc(C#N)s2)cc1CN1CCN(C(=O)O)CC1. The number of rotatable bonds is 4. The van der Waals surface area contributed by atoms with E-state index in [1.54, 1.807) is 0 Å². The number of hydrogen-bond donors (Lipinski definition) is 2. The van der Waals surface area contributed by atoms with Crippen molar-refractivity contribution in [3.8, 4) is 6.07 Å². The molecule has 3 heterocycles. The number of thiazole rings is 1. The molecule has 1 aliphatic heterocycles. The highest BCUT2D eigenvalue weighted by Gasteiger charge is 2.20. The van der Waals surface area contributed by atoms with Crippen LogP contribution in [0.15, 0.2) is 18.5 Å². The van der Waals surface area contributed by atoms with E-state index in [4.69, 9.17) is 10.4 Å². The number of carbonyl (C=O) groups is 1. The fraction of sp³-hybridized carbons (Fsp3) is 0.375. The first-order valence-electron chi connectivity index (χ1n) is 7.84. The van der Waals surface area contributed by atoms with E-state index >= 15 is 0 Å². The second kappa shape index (κ2) is 7.46. The summed E-state index contributed by atoms with van der Waals surface area (Å²) in [7, 11) is 0. The summed E-state index contributed by atoms with van der Waals surface area (Å²) in [4.78, 5) is 23.7. The number of carboxylic acid groups (broad SMARTS) is 1. The van der Waals surface area contributed by atoms with Gasteiger partial charge >= 0.3 is 6.09 Å². The van der Waals surface area contributed by atoms with Gasteiger partial charge in [-0.25, -0.2) is 14.8 Å². The lowest BCUT2D eigenvalue weighted by molar-refractivity contribution is 0.103. The molecule has 0 bridgehead atoms. The summed E-state index contributed by atoms with van der Waals surface area (Å²) in [6.07, 6.45) is 2.49. The molecule has 0 radical (unpaired) electrons. The Hall–Kier alpha value is -2.70. The van der Waals surface area contributed by atoms with E-state index in [2.05, 4.69) is 26.3 Å². The average Bonchev–Trinajstić information content (AvgIpc) is 3.06. The highest BCUT2D eigenvalue weighted by Crippen LogP contribution is 2.23. The lowest BCUT2D eigenvalue weighted by Crippen LogP contribution is -2.47. The maximum atomic E-state index is 11.0. The smallest absolute Gasteiger partial charge is 0.407 e. The van der Waals surface area contributed by atoms with Gasteiger partial charge in [-0.2, -0.15) is 5.26 Å². The molecule has 1 aliphatic rings. The molecule has 0 spiro atoms. The van der Waals surface area contributed by atoms with Crippen LogP contribution in [0.4, 0.5) is 15.7 Å². The van der Waals surface area contributed by atoms with Crippen molar-refractivity contribution in [3.63, 3.8) is 0 Å². The van der Waals surface area contributed by atoms with Crippen LogP contribution in [0.1, 0.15) is 16.0 Å². The van der Waals surface area contributed by atoms with E-state index in [0.717, 1.165) is 30.8 Å². The zero-order valence-electron chi connectivity index (χ0n) is 13.8. The minimum atomic E-state index is -0.855. The topological polar surface area (TPSA) is 105 Å². The van der Waals surface area contributed by atoms with Gasteiger partial charge in [-0.15, -0.1) is 0 Å². The van der Waals surface area contributed by atoms with E-state index in [1.165, 1.54) is 22.4 Å². The Kier molecular flexibility index (Phi) is 5.11. The van der Waals surface area contributed by atoms with Crippen molar-refractivity contribution in [3.05, 3.63) is 34.5 Å². The second-order valence-electron chi connectivity index (χ2n) is 5.81. The third-order valence-corrected chi connectivity index (χ3v) is 4.92. The second-order valence-corrected chi connectivity index (χ2v) is 6.84. The third kappa shape index (κ3) is 4.23. The number of nitriles is 1. The summed E-state index contributed by atoms with van der Waals surface area (Å²) >= 11 is 1.28. The molecule has 1 amide bonds. The molecule has 0 saturated carbocycles. The Labute approximate surface area is 149 Å². The standard InChI is InChI=1S/C16H18N6O2S/c1-11-8-18-14(20-15-19-9-13(7-17)25-15)6-12(11)10-21-2-4-22(5-3-21)16(23)24/h6,8-9H,2-5,10H2,1H3,(H,23,24)(H,18,19,20). The van der Waals surface area contributed by atoms with Crippen LogP contribution < -0.4 is 5.32 Å². The zero-order valence-corrected chi connectivity index (χ0v) is 14.6. The highest BCUT2D eigenvalue weighted by molar-refractivity contribution is 7.16. The first kappa shape index (κ1) is 17.1. The van der Waals surface area contributed by atoms with Gasteiger partial charge in [0.05, 0.1) is 6.20 Å². The maximum Gasteiger partial charge on any atom is 0.407 e. The average molecular weight is 358 g/mol. The number of aryl methyl sites for hydroxylation is 1. The van der Waals surface area contributed by atoms with Crippen molar-refractivity contribution < 1.29 is 9.90 Å². The predicted molar refractivity (Wildman–Crippen MR) is 94.0 cm³/mol. The van der Waals surface area contributed by atoms with Gasteiger partial charge in [0.15, 0.2) is 5.13 Å². The molecule has 130 valence electrons. The van der Waals surface area contributed by atoms with E-state index in [-0.39, 0.29) is 0 Å².